The van der Waals surface area contributed by atoms with Crippen molar-refractivity contribution in [2.45, 2.75) is 32.5 Å². The molecule has 0 aliphatic carbocycles. The molecule has 1 unspecified atom stereocenters. The van der Waals surface area contributed by atoms with Crippen molar-refractivity contribution in [3.8, 4) is 0 Å². The average Bonchev–Trinajstić information content (AvgIpc) is 3.04. The largest absolute Gasteiger partial charge is 0.416 e. The van der Waals surface area contributed by atoms with Gasteiger partial charge in [0.1, 0.15) is 6.04 Å². The van der Waals surface area contributed by atoms with Crippen LogP contribution in [-0.4, -0.2) is 34.7 Å². The Kier molecular flexibility index (Phi) is 6.78. The smallest absolute Gasteiger partial charge is 0.274 e. The van der Waals surface area contributed by atoms with Gasteiger partial charge >= 0.3 is 6.18 Å². The third-order valence-corrected chi connectivity index (χ3v) is 5.14. The second kappa shape index (κ2) is 9.22. The molecule has 2 aromatic carbocycles. The Morgan fingerprint density at radius 3 is 2.39 bits per heavy atom. The summed E-state index contributed by atoms with van der Waals surface area (Å²) in [6, 6.07) is 8.18. The summed E-state index contributed by atoms with van der Waals surface area (Å²) in [6.45, 7) is 3.07. The highest BCUT2D eigenvalue weighted by atomic mass is 35.5. The number of benzene rings is 2. The molecule has 0 aromatic heterocycles. The molecule has 1 N–H and O–H groups in total. The van der Waals surface area contributed by atoms with Crippen LogP contribution in [0.3, 0.4) is 0 Å². The quantitative estimate of drug-likeness (QED) is 0.531. The molecule has 1 aliphatic rings. The highest BCUT2D eigenvalue weighted by Crippen LogP contribution is 2.33. The van der Waals surface area contributed by atoms with Gasteiger partial charge in [-0.15, -0.1) is 0 Å². The lowest BCUT2D eigenvalue weighted by Crippen LogP contribution is -2.55. The molecule has 1 fully saturated rings. The molecule has 0 spiro atoms. The highest BCUT2D eigenvalue weighted by Gasteiger charge is 2.46. The van der Waals surface area contributed by atoms with Crippen molar-refractivity contribution in [2.24, 2.45) is 5.92 Å². The number of rotatable bonds is 4. The second-order valence-corrected chi connectivity index (χ2v) is 8.09. The Hall–Kier alpha value is -3.40. The summed E-state index contributed by atoms with van der Waals surface area (Å²) in [6.07, 6.45) is -5.19. The number of alkyl halides is 3. The number of nitrogens with zero attached hydrogens (tertiary/aromatic N) is 2. The van der Waals surface area contributed by atoms with Gasteiger partial charge in [0, 0.05) is 16.5 Å². The molecule has 33 heavy (non-hydrogen) atoms. The summed E-state index contributed by atoms with van der Waals surface area (Å²) in [4.78, 5) is 51.8. The zero-order chi connectivity index (χ0) is 24.5. The van der Waals surface area contributed by atoms with Crippen molar-refractivity contribution in [1.82, 2.24) is 10.4 Å². The van der Waals surface area contributed by atoms with E-state index in [0.717, 1.165) is 17.1 Å². The SMILES string of the molecule is CC(C)C(=O)N(NC(=O)c1cccc(Cl)c1)C1CC(=O)N(c2cccc(C(F)(F)F)c2)C1=O. The van der Waals surface area contributed by atoms with Crippen LogP contribution in [0.1, 0.15) is 36.2 Å². The zero-order valence-corrected chi connectivity index (χ0v) is 18.3. The van der Waals surface area contributed by atoms with E-state index in [2.05, 4.69) is 5.43 Å². The van der Waals surface area contributed by atoms with Gasteiger partial charge < -0.3 is 0 Å². The van der Waals surface area contributed by atoms with Crippen molar-refractivity contribution in [3.05, 3.63) is 64.7 Å². The normalized spacial score (nSPS) is 16.3. The van der Waals surface area contributed by atoms with Gasteiger partial charge in [-0.25, -0.2) is 9.91 Å². The Labute approximate surface area is 192 Å². The number of amides is 4. The standard InChI is InChI=1S/C22H19ClF3N3O4/c1-12(2)20(32)29(27-19(31)13-5-3-7-15(23)9-13)17-11-18(30)28(21(17)33)16-8-4-6-14(10-16)22(24,25)26/h3-10,12,17H,11H2,1-2H3,(H,27,31). The van der Waals surface area contributed by atoms with Crippen LogP contribution in [-0.2, 0) is 20.6 Å². The van der Waals surface area contributed by atoms with Crippen LogP contribution in [0.15, 0.2) is 48.5 Å². The Bertz CT molecular complexity index is 1120. The minimum absolute atomic E-state index is 0.107. The van der Waals surface area contributed by atoms with Crippen molar-refractivity contribution >= 4 is 40.9 Å². The Morgan fingerprint density at radius 1 is 1.12 bits per heavy atom. The molecule has 11 heteroatoms. The van der Waals surface area contributed by atoms with Crippen LogP contribution in [0, 0.1) is 5.92 Å². The molecular formula is C22H19ClF3N3O4. The molecule has 4 amide bonds. The maximum atomic E-state index is 13.1. The minimum atomic E-state index is -4.67. The topological polar surface area (TPSA) is 86.8 Å². The lowest BCUT2D eigenvalue weighted by atomic mass is 10.1. The summed E-state index contributed by atoms with van der Waals surface area (Å²) in [5.41, 5.74) is 1.14. The maximum Gasteiger partial charge on any atom is 0.416 e. The summed E-state index contributed by atoms with van der Waals surface area (Å²) in [5.74, 6) is -3.79. The molecule has 2 aromatic rings. The number of halogens is 4. The molecule has 0 radical (unpaired) electrons. The molecule has 0 saturated carbocycles. The van der Waals surface area contributed by atoms with E-state index in [4.69, 9.17) is 11.6 Å². The predicted octanol–water partition coefficient (Wildman–Crippen LogP) is 3.82. The van der Waals surface area contributed by atoms with E-state index in [0.29, 0.717) is 11.0 Å². The molecular weight excluding hydrogens is 463 g/mol. The molecule has 174 valence electrons. The molecule has 7 nitrogen and oxygen atoms in total. The van der Waals surface area contributed by atoms with Crippen LogP contribution in [0.2, 0.25) is 5.02 Å². The van der Waals surface area contributed by atoms with Crippen LogP contribution in [0.4, 0.5) is 18.9 Å². The van der Waals surface area contributed by atoms with Crippen LogP contribution in [0.5, 0.6) is 0 Å². The van der Waals surface area contributed by atoms with Gasteiger partial charge in [0.05, 0.1) is 17.7 Å². The molecule has 1 aliphatic heterocycles. The van der Waals surface area contributed by atoms with E-state index in [-0.39, 0.29) is 16.3 Å². The summed E-state index contributed by atoms with van der Waals surface area (Å²) < 4.78 is 39.3. The van der Waals surface area contributed by atoms with Gasteiger partial charge in [-0.1, -0.05) is 37.6 Å². The van der Waals surface area contributed by atoms with Crippen LogP contribution < -0.4 is 10.3 Å². The van der Waals surface area contributed by atoms with Crippen molar-refractivity contribution in [2.75, 3.05) is 4.90 Å². The fourth-order valence-electron chi connectivity index (χ4n) is 3.28. The summed E-state index contributed by atoms with van der Waals surface area (Å²) in [5, 5.41) is 1.04. The Balaban J connectivity index is 1.92. The van der Waals surface area contributed by atoms with E-state index < -0.39 is 53.7 Å². The van der Waals surface area contributed by atoms with Crippen LogP contribution in [0.25, 0.3) is 0 Å². The van der Waals surface area contributed by atoms with Gasteiger partial charge in [0.2, 0.25) is 11.8 Å². The van der Waals surface area contributed by atoms with Crippen molar-refractivity contribution in [1.29, 1.82) is 0 Å². The Morgan fingerprint density at radius 2 is 1.79 bits per heavy atom. The first kappa shape index (κ1) is 24.2. The third-order valence-electron chi connectivity index (χ3n) is 4.91. The van der Waals surface area contributed by atoms with E-state index in [1.54, 1.807) is 6.07 Å². The highest BCUT2D eigenvalue weighted by molar-refractivity contribution is 6.31. The van der Waals surface area contributed by atoms with Gasteiger partial charge in [-0.2, -0.15) is 13.2 Å². The van der Waals surface area contributed by atoms with E-state index in [1.807, 2.05) is 0 Å². The molecule has 1 atom stereocenters. The number of anilines is 1. The lowest BCUT2D eigenvalue weighted by molar-refractivity contribution is -0.143. The monoisotopic (exact) mass is 481 g/mol. The van der Waals surface area contributed by atoms with Gasteiger partial charge in [-0.05, 0) is 36.4 Å². The first-order chi connectivity index (χ1) is 15.4. The van der Waals surface area contributed by atoms with Gasteiger partial charge in [0.15, 0.2) is 0 Å². The van der Waals surface area contributed by atoms with Crippen molar-refractivity contribution in [3.63, 3.8) is 0 Å². The molecule has 1 heterocycles. The summed E-state index contributed by atoms with van der Waals surface area (Å²) in [7, 11) is 0. The summed E-state index contributed by atoms with van der Waals surface area (Å²) >= 11 is 5.89. The van der Waals surface area contributed by atoms with Gasteiger partial charge in [0.25, 0.3) is 11.8 Å². The molecule has 0 bridgehead atoms. The fraction of sp³-hybridized carbons (Fsp3) is 0.273. The van der Waals surface area contributed by atoms with Crippen LogP contribution >= 0.6 is 11.6 Å². The van der Waals surface area contributed by atoms with E-state index in [1.165, 1.54) is 38.1 Å². The van der Waals surface area contributed by atoms with E-state index in [9.17, 15) is 32.3 Å². The molecule has 1 saturated heterocycles. The molecule has 3 rings (SSSR count). The average molecular weight is 482 g/mol. The third kappa shape index (κ3) is 5.16. The number of carbonyl (C=O) groups excluding carboxylic acids is 4. The second-order valence-electron chi connectivity index (χ2n) is 7.65. The number of hydrogen-bond acceptors (Lipinski definition) is 4. The first-order valence-electron chi connectivity index (χ1n) is 9.84. The number of hydrogen-bond donors (Lipinski definition) is 1. The zero-order valence-electron chi connectivity index (χ0n) is 17.5. The number of imide groups is 1. The van der Waals surface area contributed by atoms with E-state index >= 15 is 0 Å². The van der Waals surface area contributed by atoms with Crippen molar-refractivity contribution < 1.29 is 32.3 Å². The number of nitrogens with one attached hydrogen (secondary N) is 1. The number of hydrazine groups is 1. The predicted molar refractivity (Wildman–Crippen MR) is 113 cm³/mol. The fourth-order valence-corrected chi connectivity index (χ4v) is 3.47. The maximum absolute atomic E-state index is 13.1. The first-order valence-corrected chi connectivity index (χ1v) is 10.2. The number of carbonyl (C=O) groups is 4. The lowest BCUT2D eigenvalue weighted by Gasteiger charge is -2.29. The minimum Gasteiger partial charge on any atom is -0.274 e. The van der Waals surface area contributed by atoms with Gasteiger partial charge in [-0.3, -0.25) is 24.6 Å².